The molecule has 1 aromatic heterocycles. The van der Waals surface area contributed by atoms with Crippen molar-refractivity contribution < 1.29 is 13.2 Å². The highest BCUT2D eigenvalue weighted by Gasteiger charge is 2.45. The number of rotatable bonds is 5. The number of anilines is 1. The maximum absolute atomic E-state index is 13.5. The molecule has 1 aromatic rings. The molecular weight excluding hydrogens is 456 g/mol. The monoisotopic (exact) mass is 484 g/mol. The van der Waals surface area contributed by atoms with Gasteiger partial charge < -0.3 is 9.64 Å². The van der Waals surface area contributed by atoms with Gasteiger partial charge in [0, 0.05) is 42.5 Å². The molecule has 160 valence electrons. The second-order valence-corrected chi connectivity index (χ2v) is 11.0. The highest BCUT2D eigenvalue weighted by molar-refractivity contribution is 9.10. The van der Waals surface area contributed by atoms with Gasteiger partial charge in [-0.3, -0.25) is 4.90 Å². The summed E-state index contributed by atoms with van der Waals surface area (Å²) >= 11 is 3.40. The zero-order valence-electron chi connectivity index (χ0n) is 16.9. The summed E-state index contributed by atoms with van der Waals surface area (Å²) in [4.78, 5) is 9.31. The molecule has 4 heterocycles. The summed E-state index contributed by atoms with van der Waals surface area (Å²) in [5.74, 6) is 0.532. The first-order chi connectivity index (χ1) is 13.8. The minimum absolute atomic E-state index is 0.131. The Labute approximate surface area is 181 Å². The molecule has 4 rings (SSSR count). The van der Waals surface area contributed by atoms with Crippen molar-refractivity contribution in [1.82, 2.24) is 14.6 Å². The van der Waals surface area contributed by atoms with E-state index < -0.39 is 15.6 Å². The van der Waals surface area contributed by atoms with Crippen LogP contribution >= 0.6 is 15.9 Å². The molecule has 9 heteroatoms. The van der Waals surface area contributed by atoms with Crippen LogP contribution in [0.3, 0.4) is 0 Å². The Morgan fingerprint density at radius 1 is 1.28 bits per heavy atom. The number of pyridine rings is 1. The molecule has 3 saturated heterocycles. The first kappa shape index (κ1) is 21.2. The molecule has 1 spiro atoms. The number of likely N-dealkylation sites (tertiary alicyclic amines) is 1. The van der Waals surface area contributed by atoms with Crippen LogP contribution < -0.4 is 9.62 Å². The van der Waals surface area contributed by atoms with Crippen molar-refractivity contribution in [3.05, 3.63) is 29.4 Å². The summed E-state index contributed by atoms with van der Waals surface area (Å²) in [6.07, 6.45) is 7.90. The summed E-state index contributed by atoms with van der Waals surface area (Å²) in [5, 5.41) is 0. The van der Waals surface area contributed by atoms with E-state index in [1.807, 2.05) is 0 Å². The van der Waals surface area contributed by atoms with Gasteiger partial charge >= 0.3 is 0 Å². The third kappa shape index (κ3) is 3.99. The number of ether oxygens (including phenoxy) is 1. The summed E-state index contributed by atoms with van der Waals surface area (Å²) in [7, 11) is -1.62. The van der Waals surface area contributed by atoms with Crippen molar-refractivity contribution in [2.75, 3.05) is 44.8 Å². The molecule has 3 aliphatic heterocycles. The van der Waals surface area contributed by atoms with Gasteiger partial charge in [-0.25, -0.2) is 18.1 Å². The molecule has 3 fully saturated rings. The van der Waals surface area contributed by atoms with Crippen molar-refractivity contribution in [3.63, 3.8) is 0 Å². The molecule has 1 atom stereocenters. The Kier molecular flexibility index (Phi) is 5.80. The molecule has 3 aliphatic rings. The third-order valence-electron chi connectivity index (χ3n) is 6.78. The SMILES string of the molecule is C=CC1(NS(=O)(=O)c2cc(Br)cnc2N2CCC3(CCCN3C)C2)CCOCC1. The first-order valence-corrected chi connectivity index (χ1v) is 12.4. The Morgan fingerprint density at radius 3 is 2.69 bits per heavy atom. The van der Waals surface area contributed by atoms with Crippen molar-refractivity contribution in [2.45, 2.75) is 48.1 Å². The smallest absolute Gasteiger partial charge is 0.245 e. The average Bonchev–Trinajstić information content (AvgIpc) is 3.29. The van der Waals surface area contributed by atoms with Crippen LogP contribution in [0.15, 0.2) is 34.3 Å². The fourth-order valence-electron chi connectivity index (χ4n) is 4.88. The van der Waals surface area contributed by atoms with E-state index in [9.17, 15) is 8.42 Å². The Balaban J connectivity index is 1.65. The number of hydrogen-bond acceptors (Lipinski definition) is 6. The molecular formula is C20H29BrN4O3S. The molecule has 7 nitrogen and oxygen atoms in total. The van der Waals surface area contributed by atoms with Crippen LogP contribution in [0.4, 0.5) is 5.82 Å². The normalized spacial score (nSPS) is 27.6. The van der Waals surface area contributed by atoms with Crippen molar-refractivity contribution in [3.8, 4) is 0 Å². The summed E-state index contributed by atoms with van der Waals surface area (Å²) in [5.41, 5.74) is -0.555. The number of nitrogens with zero attached hydrogens (tertiary/aromatic N) is 3. The predicted octanol–water partition coefficient (Wildman–Crippen LogP) is 2.53. The van der Waals surface area contributed by atoms with E-state index >= 15 is 0 Å². The molecule has 0 amide bonds. The zero-order valence-corrected chi connectivity index (χ0v) is 19.3. The topological polar surface area (TPSA) is 74.8 Å². The van der Waals surface area contributed by atoms with Gasteiger partial charge in [-0.15, -0.1) is 6.58 Å². The van der Waals surface area contributed by atoms with E-state index in [1.54, 1.807) is 18.3 Å². The van der Waals surface area contributed by atoms with Crippen molar-refractivity contribution in [1.29, 1.82) is 0 Å². The Hall–Kier alpha value is -1.00. The minimum atomic E-state index is -3.79. The number of aromatic nitrogens is 1. The Bertz CT molecular complexity index is 888. The van der Waals surface area contributed by atoms with Gasteiger partial charge in [0.15, 0.2) is 0 Å². The lowest BCUT2D eigenvalue weighted by atomic mass is 9.92. The predicted molar refractivity (Wildman–Crippen MR) is 117 cm³/mol. The minimum Gasteiger partial charge on any atom is -0.381 e. The lowest BCUT2D eigenvalue weighted by Gasteiger charge is -2.35. The van der Waals surface area contributed by atoms with Gasteiger partial charge in [-0.1, -0.05) is 6.08 Å². The largest absolute Gasteiger partial charge is 0.381 e. The number of hydrogen-bond donors (Lipinski definition) is 1. The van der Waals surface area contributed by atoms with Crippen LogP contribution in [0.1, 0.15) is 32.1 Å². The van der Waals surface area contributed by atoms with Crippen LogP contribution in [-0.4, -0.2) is 69.3 Å². The highest BCUT2D eigenvalue weighted by atomic mass is 79.9. The zero-order chi connectivity index (χ0) is 20.7. The molecule has 29 heavy (non-hydrogen) atoms. The quantitative estimate of drug-likeness (QED) is 0.647. The van der Waals surface area contributed by atoms with Gasteiger partial charge in [-0.2, -0.15) is 0 Å². The average molecular weight is 485 g/mol. The van der Waals surface area contributed by atoms with E-state index in [2.05, 4.69) is 49.1 Å². The van der Waals surface area contributed by atoms with Crippen molar-refractivity contribution in [2.24, 2.45) is 0 Å². The molecule has 1 N–H and O–H groups in total. The van der Waals surface area contributed by atoms with Gasteiger partial charge in [0.05, 0.1) is 5.54 Å². The van der Waals surface area contributed by atoms with E-state index in [-0.39, 0.29) is 10.4 Å². The maximum atomic E-state index is 13.5. The lowest BCUT2D eigenvalue weighted by Crippen LogP contribution is -2.50. The third-order valence-corrected chi connectivity index (χ3v) is 8.77. The molecule has 0 saturated carbocycles. The van der Waals surface area contributed by atoms with Crippen LogP contribution in [0.25, 0.3) is 0 Å². The van der Waals surface area contributed by atoms with E-state index in [1.165, 1.54) is 6.42 Å². The maximum Gasteiger partial charge on any atom is 0.245 e. The molecule has 0 radical (unpaired) electrons. The van der Waals surface area contributed by atoms with E-state index in [0.29, 0.717) is 36.3 Å². The van der Waals surface area contributed by atoms with Crippen LogP contribution in [0, 0.1) is 0 Å². The standard InChI is InChI=1S/C20H29BrN4O3S/c1-3-19(7-11-28-12-8-19)23-29(26,27)17-13-16(21)14-22-18(17)25-10-6-20(15-25)5-4-9-24(20)2/h3,13-14,23H,1,4-12,15H2,2H3. The molecule has 0 aromatic carbocycles. The lowest BCUT2D eigenvalue weighted by molar-refractivity contribution is 0.0630. The Morgan fingerprint density at radius 2 is 2.03 bits per heavy atom. The first-order valence-electron chi connectivity index (χ1n) is 10.2. The van der Waals surface area contributed by atoms with Crippen LogP contribution in [0.5, 0.6) is 0 Å². The summed E-state index contributed by atoms with van der Waals surface area (Å²) in [6.45, 7) is 7.62. The number of halogens is 1. The molecule has 0 bridgehead atoms. The second-order valence-electron chi connectivity index (χ2n) is 8.47. The van der Waals surface area contributed by atoms with Gasteiger partial charge in [-0.05, 0) is 67.7 Å². The number of likely N-dealkylation sites (N-methyl/N-ethyl adjacent to an activating group) is 1. The highest BCUT2D eigenvalue weighted by Crippen LogP contribution is 2.40. The van der Waals surface area contributed by atoms with Crippen LogP contribution in [-0.2, 0) is 14.8 Å². The fraction of sp³-hybridized carbons (Fsp3) is 0.650. The summed E-state index contributed by atoms with van der Waals surface area (Å²) < 4.78 is 35.9. The fourth-order valence-corrected chi connectivity index (χ4v) is 7.00. The number of sulfonamides is 1. The number of nitrogens with one attached hydrogen (secondary N) is 1. The summed E-state index contributed by atoms with van der Waals surface area (Å²) in [6, 6.07) is 1.66. The van der Waals surface area contributed by atoms with Crippen molar-refractivity contribution >= 4 is 31.8 Å². The van der Waals surface area contributed by atoms with Gasteiger partial charge in [0.2, 0.25) is 10.0 Å². The molecule has 1 unspecified atom stereocenters. The van der Waals surface area contributed by atoms with E-state index in [0.717, 1.165) is 32.5 Å². The van der Waals surface area contributed by atoms with Crippen LogP contribution in [0.2, 0.25) is 0 Å². The van der Waals surface area contributed by atoms with Gasteiger partial charge in [0.25, 0.3) is 0 Å². The molecule has 0 aliphatic carbocycles. The van der Waals surface area contributed by atoms with Gasteiger partial charge in [0.1, 0.15) is 10.7 Å². The van der Waals surface area contributed by atoms with E-state index in [4.69, 9.17) is 4.74 Å². The second kappa shape index (κ2) is 7.92.